The highest BCUT2D eigenvalue weighted by molar-refractivity contribution is 6.12. The summed E-state index contributed by atoms with van der Waals surface area (Å²) in [5, 5.41) is 0. The highest BCUT2D eigenvalue weighted by Crippen LogP contribution is 2.61. The molecule has 0 heterocycles. The van der Waals surface area contributed by atoms with Crippen molar-refractivity contribution in [1.29, 1.82) is 0 Å². The lowest BCUT2D eigenvalue weighted by Gasteiger charge is -2.49. The SMILES string of the molecule is COC(=O)[C@H]1[C@H](C(=O)OC)[C@@H]2c3ccccc3C(=O)c3ccccc3[C@H]12. The first-order valence-corrected chi connectivity index (χ1v) is 8.48. The molecule has 0 aromatic heterocycles. The van der Waals surface area contributed by atoms with Crippen LogP contribution in [-0.4, -0.2) is 31.9 Å². The molecule has 0 N–H and O–H groups in total. The Bertz CT molecular complexity index is 843. The normalized spacial score (nSPS) is 25.7. The van der Waals surface area contributed by atoms with E-state index in [1.165, 1.54) is 14.2 Å². The van der Waals surface area contributed by atoms with Gasteiger partial charge in [0.1, 0.15) is 0 Å². The third kappa shape index (κ3) is 2.13. The average molecular weight is 350 g/mol. The van der Waals surface area contributed by atoms with Crippen LogP contribution in [0.15, 0.2) is 48.5 Å². The fraction of sp³-hybridized carbons (Fsp3) is 0.286. The van der Waals surface area contributed by atoms with Crippen LogP contribution in [0.3, 0.4) is 0 Å². The smallest absolute Gasteiger partial charge is 0.310 e. The van der Waals surface area contributed by atoms with Crippen molar-refractivity contribution in [3.05, 3.63) is 70.8 Å². The van der Waals surface area contributed by atoms with Crippen molar-refractivity contribution < 1.29 is 23.9 Å². The maximum absolute atomic E-state index is 13.1. The molecule has 0 radical (unpaired) electrons. The van der Waals surface area contributed by atoms with Gasteiger partial charge in [-0.1, -0.05) is 48.5 Å². The number of methoxy groups -OCH3 is 2. The van der Waals surface area contributed by atoms with E-state index in [4.69, 9.17) is 9.47 Å². The predicted molar refractivity (Wildman–Crippen MR) is 92.8 cm³/mol. The Morgan fingerprint density at radius 3 is 1.50 bits per heavy atom. The number of ether oxygens (including phenoxy) is 2. The Morgan fingerprint density at radius 1 is 0.731 bits per heavy atom. The zero-order valence-electron chi connectivity index (χ0n) is 14.5. The fourth-order valence-electron chi connectivity index (χ4n) is 4.51. The summed E-state index contributed by atoms with van der Waals surface area (Å²) >= 11 is 0. The van der Waals surface area contributed by atoms with Crippen LogP contribution in [0.1, 0.15) is 38.9 Å². The minimum Gasteiger partial charge on any atom is -0.469 e. The van der Waals surface area contributed by atoms with Gasteiger partial charge in [-0.25, -0.2) is 0 Å². The molecule has 2 aromatic carbocycles. The topological polar surface area (TPSA) is 69.7 Å². The summed E-state index contributed by atoms with van der Waals surface area (Å²) in [7, 11) is 2.62. The van der Waals surface area contributed by atoms with Gasteiger partial charge in [0, 0.05) is 23.0 Å². The maximum atomic E-state index is 13.1. The zero-order chi connectivity index (χ0) is 18.4. The van der Waals surface area contributed by atoms with Gasteiger partial charge in [-0.05, 0) is 11.1 Å². The molecule has 26 heavy (non-hydrogen) atoms. The molecule has 4 atom stereocenters. The van der Waals surface area contributed by atoms with Crippen LogP contribution in [0.4, 0.5) is 0 Å². The lowest BCUT2D eigenvalue weighted by molar-refractivity contribution is -0.168. The number of carbonyl (C=O) groups is 3. The second-order valence-electron chi connectivity index (χ2n) is 6.65. The summed E-state index contributed by atoms with van der Waals surface area (Å²) in [6.45, 7) is 0. The first-order chi connectivity index (χ1) is 12.6. The van der Waals surface area contributed by atoms with Crippen LogP contribution in [-0.2, 0) is 19.1 Å². The van der Waals surface area contributed by atoms with Gasteiger partial charge in [-0.3, -0.25) is 14.4 Å². The first-order valence-electron chi connectivity index (χ1n) is 8.48. The van der Waals surface area contributed by atoms with Crippen molar-refractivity contribution in [2.75, 3.05) is 14.2 Å². The molecular formula is C21H18O5. The van der Waals surface area contributed by atoms with E-state index in [-0.39, 0.29) is 17.6 Å². The molecule has 1 fully saturated rings. The number of esters is 2. The molecule has 1 saturated carbocycles. The van der Waals surface area contributed by atoms with Crippen LogP contribution in [0.5, 0.6) is 0 Å². The first kappa shape index (κ1) is 16.5. The van der Waals surface area contributed by atoms with Gasteiger partial charge >= 0.3 is 11.9 Å². The average Bonchev–Trinajstić information content (AvgIpc) is 2.74. The monoisotopic (exact) mass is 350 g/mol. The van der Waals surface area contributed by atoms with Gasteiger partial charge in [-0.2, -0.15) is 0 Å². The minimum absolute atomic E-state index is 0.0853. The molecule has 0 spiro atoms. The summed E-state index contributed by atoms with van der Waals surface area (Å²) in [5.41, 5.74) is 2.72. The number of hydrogen-bond acceptors (Lipinski definition) is 5. The van der Waals surface area contributed by atoms with Crippen molar-refractivity contribution in [1.82, 2.24) is 0 Å². The van der Waals surface area contributed by atoms with E-state index in [0.29, 0.717) is 11.1 Å². The van der Waals surface area contributed by atoms with Crippen molar-refractivity contribution in [3.63, 3.8) is 0 Å². The predicted octanol–water partition coefficient (Wildman–Crippen LogP) is 2.69. The van der Waals surface area contributed by atoms with E-state index < -0.39 is 23.8 Å². The Morgan fingerprint density at radius 2 is 1.12 bits per heavy atom. The van der Waals surface area contributed by atoms with E-state index >= 15 is 0 Å². The number of benzene rings is 2. The molecule has 5 heteroatoms. The molecule has 2 aliphatic carbocycles. The lowest BCUT2D eigenvalue weighted by atomic mass is 9.52. The zero-order valence-corrected chi connectivity index (χ0v) is 14.5. The number of hydrogen-bond donors (Lipinski definition) is 0. The number of ketones is 1. The van der Waals surface area contributed by atoms with Crippen molar-refractivity contribution in [2.45, 2.75) is 11.8 Å². The van der Waals surface area contributed by atoms with Crippen LogP contribution in [0, 0.1) is 11.8 Å². The largest absolute Gasteiger partial charge is 0.469 e. The summed E-state index contributed by atoms with van der Waals surface area (Å²) < 4.78 is 9.93. The molecule has 4 rings (SSSR count). The van der Waals surface area contributed by atoms with Crippen molar-refractivity contribution in [3.8, 4) is 0 Å². The van der Waals surface area contributed by atoms with Gasteiger partial charge in [-0.15, -0.1) is 0 Å². The van der Waals surface area contributed by atoms with Gasteiger partial charge in [0.2, 0.25) is 0 Å². The summed E-state index contributed by atoms with van der Waals surface area (Å²) in [5.74, 6) is -2.93. The third-order valence-electron chi connectivity index (χ3n) is 5.62. The van der Waals surface area contributed by atoms with Crippen LogP contribution < -0.4 is 0 Å². The molecule has 132 valence electrons. The minimum atomic E-state index is -0.669. The Labute approximate surface area is 150 Å². The molecule has 0 unspecified atom stereocenters. The van der Waals surface area contributed by atoms with Gasteiger partial charge in [0.05, 0.1) is 26.1 Å². The molecular weight excluding hydrogens is 332 g/mol. The van der Waals surface area contributed by atoms with Gasteiger partial charge in [0.25, 0.3) is 0 Å². The maximum Gasteiger partial charge on any atom is 0.310 e. The quantitative estimate of drug-likeness (QED) is 0.779. The van der Waals surface area contributed by atoms with Crippen LogP contribution in [0.25, 0.3) is 0 Å². The van der Waals surface area contributed by atoms with Crippen molar-refractivity contribution in [2.24, 2.45) is 11.8 Å². The van der Waals surface area contributed by atoms with Crippen LogP contribution >= 0.6 is 0 Å². The van der Waals surface area contributed by atoms with E-state index in [1.54, 1.807) is 12.1 Å². The molecule has 0 amide bonds. The Hall–Kier alpha value is -2.95. The number of rotatable bonds is 2. The molecule has 2 aliphatic rings. The van der Waals surface area contributed by atoms with E-state index in [9.17, 15) is 14.4 Å². The molecule has 0 bridgehead atoms. The lowest BCUT2D eigenvalue weighted by Crippen LogP contribution is -2.52. The summed E-state index contributed by atoms with van der Waals surface area (Å²) in [4.78, 5) is 38.1. The highest BCUT2D eigenvalue weighted by Gasteiger charge is 2.61. The highest BCUT2D eigenvalue weighted by atomic mass is 16.5. The van der Waals surface area contributed by atoms with Crippen molar-refractivity contribution >= 4 is 17.7 Å². The van der Waals surface area contributed by atoms with Gasteiger partial charge in [0.15, 0.2) is 5.78 Å². The van der Waals surface area contributed by atoms with Crippen LogP contribution in [0.2, 0.25) is 0 Å². The van der Waals surface area contributed by atoms with E-state index in [2.05, 4.69) is 0 Å². The fourth-order valence-corrected chi connectivity index (χ4v) is 4.51. The Balaban J connectivity index is 1.97. The molecule has 5 nitrogen and oxygen atoms in total. The molecule has 2 aromatic rings. The second-order valence-corrected chi connectivity index (χ2v) is 6.65. The molecule has 0 aliphatic heterocycles. The van der Waals surface area contributed by atoms with Gasteiger partial charge < -0.3 is 9.47 Å². The summed E-state index contributed by atoms with van der Waals surface area (Å²) in [6, 6.07) is 14.6. The van der Waals surface area contributed by atoms with E-state index in [1.807, 2.05) is 36.4 Å². The third-order valence-corrected chi connectivity index (χ3v) is 5.62. The van der Waals surface area contributed by atoms with E-state index in [0.717, 1.165) is 11.1 Å². The number of carbonyl (C=O) groups excluding carboxylic acids is 3. The Kier molecular flexibility index (Phi) is 3.87. The number of fused-ring (bicyclic) bond motifs is 5. The standard InChI is InChI=1S/C21H18O5/c1-25-20(23)17-15-11-7-3-5-9-13(11)19(22)14-10-6-4-8-12(14)16(15)18(17)21(24)26-2/h3-10,15-18H,1-2H3/t15-,16+,17-,18-/m1/s1. The second kappa shape index (κ2) is 6.09. The molecule has 0 saturated heterocycles. The summed E-state index contributed by atoms with van der Waals surface area (Å²) in [6.07, 6.45) is 0.